The Balaban J connectivity index is 0.000000197. The minimum atomic E-state index is -0.980. The second-order valence-corrected chi connectivity index (χ2v) is 17.4. The number of hydrogen-bond acceptors (Lipinski definition) is 5. The molecule has 0 unspecified atom stereocenters. The first-order chi connectivity index (χ1) is 31.7. The lowest BCUT2D eigenvalue weighted by Crippen LogP contribution is -2.07. The van der Waals surface area contributed by atoms with E-state index in [0.29, 0.717) is 67.0 Å². The largest absolute Gasteiger partial charge is 0.488 e. The summed E-state index contributed by atoms with van der Waals surface area (Å²) in [4.78, 5) is 23.7. The van der Waals surface area contributed by atoms with Gasteiger partial charge in [-0.2, -0.15) is 0 Å². The summed E-state index contributed by atoms with van der Waals surface area (Å²) in [6.45, 7) is 6.66. The number of halogens is 6. The van der Waals surface area contributed by atoms with Crippen molar-refractivity contribution in [3.8, 4) is 45.4 Å². The molecular weight excluding hydrogens is 961 g/mol. The van der Waals surface area contributed by atoms with Crippen LogP contribution in [-0.4, -0.2) is 32.8 Å². The number of ether oxygens (including phenoxy) is 3. The normalized spacial score (nSPS) is 10.9. The maximum absolute atomic E-state index is 12.3. The van der Waals surface area contributed by atoms with Crippen LogP contribution in [0.3, 0.4) is 0 Å². The summed E-state index contributed by atoms with van der Waals surface area (Å²) in [5.74, 6) is -0.0405. The Hall–Kier alpha value is -5.84. The fraction of sp³-hybridized carbons (Fsp3) is 0.115. The molecule has 0 atom stereocenters. The first-order valence-corrected chi connectivity index (χ1v) is 22.7. The maximum Gasteiger partial charge on any atom is 0.338 e. The number of carbonyl (C=O) groups excluding carboxylic acids is 1. The zero-order chi connectivity index (χ0) is 47.1. The van der Waals surface area contributed by atoms with Gasteiger partial charge in [-0.1, -0.05) is 93.9 Å². The van der Waals surface area contributed by atoms with Crippen molar-refractivity contribution in [3.63, 3.8) is 0 Å². The van der Waals surface area contributed by atoms with E-state index in [9.17, 15) is 14.7 Å². The van der Waals surface area contributed by atoms with Crippen LogP contribution in [0, 0.1) is 13.8 Å². The first kappa shape index (κ1) is 48.1. The Morgan fingerprint density at radius 3 is 1.41 bits per heavy atom. The molecule has 0 saturated carbocycles. The molecule has 6 aromatic carbocycles. The molecule has 336 valence electrons. The third kappa shape index (κ3) is 11.4. The van der Waals surface area contributed by atoms with E-state index in [4.69, 9.17) is 83.8 Å². The number of aromatic carboxylic acids is 1. The van der Waals surface area contributed by atoms with Gasteiger partial charge >= 0.3 is 11.9 Å². The van der Waals surface area contributed by atoms with Crippen LogP contribution in [0.25, 0.3) is 33.9 Å². The number of carboxylic acid groups (broad SMARTS) is 1. The number of esters is 1. The molecule has 0 aliphatic heterocycles. The van der Waals surface area contributed by atoms with Crippen molar-refractivity contribution >= 4 is 81.5 Å². The second kappa shape index (κ2) is 21.6. The topological polar surface area (TPSA) is 91.9 Å². The zero-order valence-electron chi connectivity index (χ0n) is 35.6. The molecule has 8 aromatic rings. The summed E-state index contributed by atoms with van der Waals surface area (Å²) >= 11 is 37.0. The zero-order valence-corrected chi connectivity index (χ0v) is 40.2. The number of carboxylic acids is 1. The maximum atomic E-state index is 12.3. The molecule has 2 aromatic heterocycles. The molecule has 66 heavy (non-hydrogen) atoms. The highest BCUT2D eigenvalue weighted by Crippen LogP contribution is 2.38. The molecule has 8 rings (SSSR count). The Kier molecular flexibility index (Phi) is 15.8. The van der Waals surface area contributed by atoms with Crippen LogP contribution < -0.4 is 9.47 Å². The van der Waals surface area contributed by atoms with Crippen molar-refractivity contribution in [2.24, 2.45) is 0 Å². The average Bonchev–Trinajstić information content (AvgIpc) is 3.89. The average molecular weight is 1000 g/mol. The predicted molar refractivity (Wildman–Crippen MR) is 266 cm³/mol. The van der Waals surface area contributed by atoms with E-state index in [1.54, 1.807) is 67.6 Å². The highest BCUT2D eigenvalue weighted by atomic mass is 35.5. The van der Waals surface area contributed by atoms with E-state index < -0.39 is 5.97 Å². The van der Waals surface area contributed by atoms with Crippen LogP contribution in [0.5, 0.6) is 11.5 Å². The summed E-state index contributed by atoms with van der Waals surface area (Å²) in [7, 11) is 0. The van der Waals surface area contributed by atoms with Gasteiger partial charge in [0, 0.05) is 43.9 Å². The van der Waals surface area contributed by atoms with Crippen molar-refractivity contribution in [3.05, 3.63) is 209 Å². The van der Waals surface area contributed by atoms with Gasteiger partial charge in [0.2, 0.25) is 0 Å². The summed E-state index contributed by atoms with van der Waals surface area (Å²) in [6.07, 6.45) is 0. The van der Waals surface area contributed by atoms with Crippen LogP contribution in [0.1, 0.15) is 50.2 Å². The molecule has 8 nitrogen and oxygen atoms in total. The number of carbonyl (C=O) groups is 2. The van der Waals surface area contributed by atoms with E-state index in [0.717, 1.165) is 56.4 Å². The molecule has 0 radical (unpaired) electrons. The van der Waals surface area contributed by atoms with Gasteiger partial charge < -0.3 is 28.5 Å². The van der Waals surface area contributed by atoms with Gasteiger partial charge in [-0.15, -0.1) is 0 Å². The van der Waals surface area contributed by atoms with Crippen LogP contribution in [-0.2, 0) is 18.0 Å². The Bertz CT molecular complexity index is 3070. The molecular formula is C52H40Cl6N2O6. The number of nitrogens with zero attached hydrogens (tertiary/aromatic N) is 2. The first-order valence-electron chi connectivity index (χ1n) is 20.4. The molecule has 0 bridgehead atoms. The Morgan fingerprint density at radius 1 is 0.515 bits per heavy atom. The monoisotopic (exact) mass is 998 g/mol. The van der Waals surface area contributed by atoms with Crippen LogP contribution in [0.15, 0.2) is 146 Å². The van der Waals surface area contributed by atoms with Crippen molar-refractivity contribution in [1.82, 2.24) is 9.13 Å². The Morgan fingerprint density at radius 2 is 0.970 bits per heavy atom. The minimum absolute atomic E-state index is 0.212. The van der Waals surface area contributed by atoms with Gasteiger partial charge in [0.15, 0.2) is 0 Å². The SMILES string of the molecule is CCOC(=O)c1cccc(-n2c(C)ccc2-c2cc(Cl)ccc2OCc2ccc(Cl)c(Cl)c2)c1.Cc1ccc(-c2cc(Cl)ccc2OCc2ccc(Cl)c(Cl)c2)n1-c1cccc(C(=O)O)c1. The fourth-order valence-corrected chi connectivity index (χ4v) is 8.17. The van der Waals surface area contributed by atoms with E-state index in [2.05, 4.69) is 4.57 Å². The molecule has 14 heteroatoms. The van der Waals surface area contributed by atoms with Crippen molar-refractivity contribution in [1.29, 1.82) is 0 Å². The van der Waals surface area contributed by atoms with E-state index in [1.165, 1.54) is 0 Å². The lowest BCUT2D eigenvalue weighted by Gasteiger charge is -2.17. The second-order valence-electron chi connectivity index (χ2n) is 14.9. The predicted octanol–water partition coefficient (Wildman–Crippen LogP) is 15.9. The minimum Gasteiger partial charge on any atom is -0.488 e. The van der Waals surface area contributed by atoms with Gasteiger partial charge in [0.1, 0.15) is 24.7 Å². The van der Waals surface area contributed by atoms with Gasteiger partial charge in [-0.25, -0.2) is 9.59 Å². The van der Waals surface area contributed by atoms with E-state index in [1.807, 2.05) is 103 Å². The van der Waals surface area contributed by atoms with Crippen molar-refractivity contribution < 1.29 is 28.9 Å². The van der Waals surface area contributed by atoms with Crippen LogP contribution in [0.4, 0.5) is 0 Å². The summed E-state index contributed by atoms with van der Waals surface area (Å²) in [6, 6.07) is 43.7. The Labute approximate surface area is 412 Å². The number of aromatic nitrogens is 2. The van der Waals surface area contributed by atoms with Gasteiger partial charge in [0.25, 0.3) is 0 Å². The number of benzene rings is 6. The molecule has 1 N–H and O–H groups in total. The fourth-order valence-electron chi connectivity index (χ4n) is 7.19. The number of rotatable bonds is 13. The van der Waals surface area contributed by atoms with Crippen LogP contribution >= 0.6 is 69.6 Å². The lowest BCUT2D eigenvalue weighted by atomic mass is 10.1. The third-order valence-electron chi connectivity index (χ3n) is 10.3. The van der Waals surface area contributed by atoms with Crippen molar-refractivity contribution in [2.75, 3.05) is 6.61 Å². The van der Waals surface area contributed by atoms with Crippen molar-refractivity contribution in [2.45, 2.75) is 34.0 Å². The quantitative estimate of drug-likeness (QED) is 0.116. The lowest BCUT2D eigenvalue weighted by molar-refractivity contribution is 0.0525. The highest BCUT2D eigenvalue weighted by molar-refractivity contribution is 6.42. The van der Waals surface area contributed by atoms with Crippen LogP contribution in [0.2, 0.25) is 30.1 Å². The molecule has 0 aliphatic carbocycles. The molecule has 0 aliphatic rings. The third-order valence-corrected chi connectivity index (χ3v) is 12.3. The molecule has 0 amide bonds. The summed E-state index contributed by atoms with van der Waals surface area (Å²) in [5.41, 5.74) is 9.28. The van der Waals surface area contributed by atoms with Gasteiger partial charge in [-0.05, 0) is 153 Å². The van der Waals surface area contributed by atoms with E-state index >= 15 is 0 Å². The summed E-state index contributed by atoms with van der Waals surface area (Å²) in [5, 5.41) is 12.5. The standard InChI is InChI=1S/C27H22Cl3NO3.C25H18Cl3NO3/c1-3-33-27(32)19-5-4-6-21(14-19)31-17(2)7-11-25(31)22-15-20(28)9-12-26(22)34-16-18-8-10-23(29)24(30)13-18;1-15-5-9-23(29(15)19-4-2-3-17(12-19)25(30)31)20-13-18(26)7-10-24(20)32-14-16-6-8-21(27)22(28)11-16/h4-15H,3,16H2,1-2H3;2-13H,14H2,1H3,(H,30,31). The van der Waals surface area contributed by atoms with Gasteiger partial charge in [-0.3, -0.25) is 0 Å². The number of aryl methyl sites for hydroxylation is 2. The molecule has 2 heterocycles. The molecule has 0 spiro atoms. The smallest absolute Gasteiger partial charge is 0.338 e. The number of hydrogen-bond donors (Lipinski definition) is 1. The molecule has 0 fully saturated rings. The highest BCUT2D eigenvalue weighted by Gasteiger charge is 2.19. The van der Waals surface area contributed by atoms with Gasteiger partial charge in [0.05, 0.1) is 49.2 Å². The van der Waals surface area contributed by atoms with E-state index in [-0.39, 0.29) is 11.5 Å². The summed E-state index contributed by atoms with van der Waals surface area (Å²) < 4.78 is 21.5. The molecule has 0 saturated heterocycles.